The number of hydrogen-bond donors (Lipinski definition) is 0. The maximum atomic E-state index is 12.8. The summed E-state index contributed by atoms with van der Waals surface area (Å²) in [5, 5.41) is 0. The zero-order valence-electron chi connectivity index (χ0n) is 44.2. The third-order valence-corrected chi connectivity index (χ3v) is 12.2. The van der Waals surface area contributed by atoms with E-state index in [4.69, 9.17) is 14.2 Å². The molecule has 1 atom stereocenters. The largest absolute Gasteiger partial charge is 0.462 e. The molecular formula is C61H106O6. The van der Waals surface area contributed by atoms with Gasteiger partial charge in [-0.3, -0.25) is 14.4 Å². The first-order valence-electron chi connectivity index (χ1n) is 28.4. The highest BCUT2D eigenvalue weighted by atomic mass is 16.6. The normalized spacial score (nSPS) is 12.6. The number of carbonyl (C=O) groups excluding carboxylic acids is 3. The molecule has 386 valence electrons. The summed E-state index contributed by atoms with van der Waals surface area (Å²) in [6.45, 7) is 6.55. The molecule has 0 aliphatic carbocycles. The first-order valence-corrected chi connectivity index (χ1v) is 28.4. The van der Waals surface area contributed by atoms with Crippen LogP contribution in [-0.2, 0) is 28.6 Å². The molecule has 0 aromatic carbocycles. The number of allylic oxidation sites excluding steroid dienone is 12. The standard InChI is InChI=1S/C61H106O6/c1-4-7-10-13-16-19-22-25-27-29-30-32-34-37-40-43-46-49-52-55-61(64)67-58(56-65-59(62)53-50-47-44-41-38-35-24-21-18-15-12-9-6-3)57-66-60(63)54-51-48-45-42-39-36-33-31-28-26-23-20-17-14-11-8-5-2/h16,19,21,24-28,33,36,42,45,58H,4-15,17-18,20,22-23,29-32,34-35,37-41,43-44,46-57H2,1-3H3/b19-16-,24-21-,27-25-,28-26-,36-33-,45-42-/t58-/m0/s1. The van der Waals surface area contributed by atoms with Crippen LogP contribution in [0.4, 0.5) is 0 Å². The number of unbranched alkanes of at least 4 members (excludes halogenated alkanes) is 28. The Labute approximate surface area is 414 Å². The number of carbonyl (C=O) groups is 3. The van der Waals surface area contributed by atoms with Gasteiger partial charge < -0.3 is 14.2 Å². The van der Waals surface area contributed by atoms with Gasteiger partial charge in [-0.1, -0.05) is 222 Å². The lowest BCUT2D eigenvalue weighted by molar-refractivity contribution is -0.167. The van der Waals surface area contributed by atoms with Crippen molar-refractivity contribution in [3.63, 3.8) is 0 Å². The monoisotopic (exact) mass is 935 g/mol. The van der Waals surface area contributed by atoms with Crippen molar-refractivity contribution in [2.24, 2.45) is 0 Å². The number of esters is 3. The van der Waals surface area contributed by atoms with Gasteiger partial charge in [-0.2, -0.15) is 0 Å². The molecule has 0 heterocycles. The van der Waals surface area contributed by atoms with Crippen LogP contribution in [0.2, 0.25) is 0 Å². The van der Waals surface area contributed by atoms with E-state index in [-0.39, 0.29) is 37.5 Å². The summed E-state index contributed by atoms with van der Waals surface area (Å²) >= 11 is 0. The van der Waals surface area contributed by atoms with Gasteiger partial charge in [0.05, 0.1) is 0 Å². The molecule has 0 rings (SSSR count). The Bertz CT molecular complexity index is 1260. The van der Waals surface area contributed by atoms with Crippen LogP contribution in [0.1, 0.15) is 278 Å². The first kappa shape index (κ1) is 63.8. The van der Waals surface area contributed by atoms with E-state index in [1.54, 1.807) is 0 Å². The van der Waals surface area contributed by atoms with Crippen molar-refractivity contribution in [1.82, 2.24) is 0 Å². The van der Waals surface area contributed by atoms with Crippen LogP contribution in [0, 0.1) is 0 Å². The molecule has 0 aliphatic heterocycles. The minimum absolute atomic E-state index is 0.0966. The smallest absolute Gasteiger partial charge is 0.306 e. The average molecular weight is 936 g/mol. The lowest BCUT2D eigenvalue weighted by Crippen LogP contribution is -2.30. The van der Waals surface area contributed by atoms with Crippen LogP contribution >= 0.6 is 0 Å². The Hall–Kier alpha value is -3.15. The number of ether oxygens (including phenoxy) is 3. The van der Waals surface area contributed by atoms with Crippen molar-refractivity contribution >= 4 is 17.9 Å². The predicted octanol–water partition coefficient (Wildman–Crippen LogP) is 19.0. The molecule has 0 saturated heterocycles. The molecule has 6 nitrogen and oxygen atoms in total. The summed E-state index contributed by atoms with van der Waals surface area (Å²) in [7, 11) is 0. The van der Waals surface area contributed by atoms with Gasteiger partial charge in [-0.05, 0) is 109 Å². The molecule has 0 N–H and O–H groups in total. The highest BCUT2D eigenvalue weighted by molar-refractivity contribution is 5.71. The third kappa shape index (κ3) is 53.7. The lowest BCUT2D eigenvalue weighted by atomic mass is 10.1. The van der Waals surface area contributed by atoms with Crippen molar-refractivity contribution < 1.29 is 28.6 Å². The second-order valence-electron chi connectivity index (χ2n) is 18.8. The van der Waals surface area contributed by atoms with Crippen LogP contribution in [0.5, 0.6) is 0 Å². The van der Waals surface area contributed by atoms with Crippen LogP contribution in [0.3, 0.4) is 0 Å². The molecule has 0 bridgehead atoms. The summed E-state index contributed by atoms with van der Waals surface area (Å²) in [5.74, 6) is -0.957. The molecule has 0 aromatic heterocycles. The highest BCUT2D eigenvalue weighted by Crippen LogP contribution is 2.14. The second-order valence-corrected chi connectivity index (χ2v) is 18.8. The molecular weight excluding hydrogens is 829 g/mol. The fourth-order valence-corrected chi connectivity index (χ4v) is 7.84. The Morgan fingerprint density at radius 2 is 0.552 bits per heavy atom. The van der Waals surface area contributed by atoms with E-state index in [1.165, 1.54) is 161 Å². The molecule has 0 unspecified atom stereocenters. The van der Waals surface area contributed by atoms with Crippen molar-refractivity contribution in [2.75, 3.05) is 13.2 Å². The minimum Gasteiger partial charge on any atom is -0.462 e. The van der Waals surface area contributed by atoms with Crippen molar-refractivity contribution in [2.45, 2.75) is 284 Å². The molecule has 0 amide bonds. The molecule has 0 aromatic rings. The maximum absolute atomic E-state index is 12.8. The number of hydrogen-bond acceptors (Lipinski definition) is 6. The van der Waals surface area contributed by atoms with E-state index in [0.29, 0.717) is 19.3 Å². The Morgan fingerprint density at radius 1 is 0.299 bits per heavy atom. The van der Waals surface area contributed by atoms with Gasteiger partial charge in [0.15, 0.2) is 6.10 Å². The van der Waals surface area contributed by atoms with Crippen molar-refractivity contribution in [1.29, 1.82) is 0 Å². The Balaban J connectivity index is 4.45. The molecule has 67 heavy (non-hydrogen) atoms. The molecule has 0 aliphatic rings. The lowest BCUT2D eigenvalue weighted by Gasteiger charge is -2.18. The van der Waals surface area contributed by atoms with Crippen molar-refractivity contribution in [3.05, 3.63) is 72.9 Å². The summed E-state index contributed by atoms with van der Waals surface area (Å²) < 4.78 is 16.8. The second kappa shape index (κ2) is 55.4. The fraction of sp³-hybridized carbons (Fsp3) is 0.754. The van der Waals surface area contributed by atoms with Crippen molar-refractivity contribution in [3.8, 4) is 0 Å². The Morgan fingerprint density at radius 3 is 0.955 bits per heavy atom. The maximum Gasteiger partial charge on any atom is 0.306 e. The average Bonchev–Trinajstić information content (AvgIpc) is 3.33. The van der Waals surface area contributed by atoms with E-state index in [0.717, 1.165) is 70.6 Å². The molecule has 0 spiro atoms. The molecule has 0 saturated carbocycles. The van der Waals surface area contributed by atoms with E-state index in [1.807, 2.05) is 0 Å². The number of rotatable bonds is 51. The van der Waals surface area contributed by atoms with Gasteiger partial charge in [0.25, 0.3) is 0 Å². The van der Waals surface area contributed by atoms with Crippen LogP contribution in [0.25, 0.3) is 0 Å². The minimum atomic E-state index is -0.801. The van der Waals surface area contributed by atoms with Crippen LogP contribution in [0.15, 0.2) is 72.9 Å². The SMILES string of the molecule is CCCCC/C=C\C/C=C\CCCCCCCCCCCC(=O)O[C@H](COC(=O)CCC/C=C\C/C=C\C/C=C\CCCCCCCC)COC(=O)CCCCCCC/C=C\CCCCCC. The predicted molar refractivity (Wildman–Crippen MR) is 288 cm³/mol. The van der Waals surface area contributed by atoms with Gasteiger partial charge in [0.2, 0.25) is 0 Å². The van der Waals surface area contributed by atoms with Gasteiger partial charge in [-0.25, -0.2) is 0 Å². The molecule has 0 radical (unpaired) electrons. The first-order chi connectivity index (χ1) is 33.0. The summed E-state index contributed by atoms with van der Waals surface area (Å²) in [5.41, 5.74) is 0. The summed E-state index contributed by atoms with van der Waals surface area (Å²) in [4.78, 5) is 38.1. The Kier molecular flexibility index (Phi) is 52.8. The van der Waals surface area contributed by atoms with Gasteiger partial charge in [0, 0.05) is 19.3 Å². The zero-order valence-corrected chi connectivity index (χ0v) is 44.2. The summed E-state index contributed by atoms with van der Waals surface area (Å²) in [6.07, 6.45) is 70.3. The van der Waals surface area contributed by atoms with Crippen LogP contribution < -0.4 is 0 Å². The molecule has 6 heteroatoms. The summed E-state index contributed by atoms with van der Waals surface area (Å²) in [6, 6.07) is 0. The van der Waals surface area contributed by atoms with Gasteiger partial charge >= 0.3 is 17.9 Å². The van der Waals surface area contributed by atoms with E-state index in [9.17, 15) is 14.4 Å². The fourth-order valence-electron chi connectivity index (χ4n) is 7.84. The molecule has 0 fully saturated rings. The quantitative estimate of drug-likeness (QED) is 0.0262. The van der Waals surface area contributed by atoms with E-state index < -0.39 is 6.10 Å². The third-order valence-electron chi connectivity index (χ3n) is 12.2. The van der Waals surface area contributed by atoms with E-state index >= 15 is 0 Å². The highest BCUT2D eigenvalue weighted by Gasteiger charge is 2.19. The topological polar surface area (TPSA) is 78.9 Å². The van der Waals surface area contributed by atoms with Crippen LogP contribution in [-0.4, -0.2) is 37.2 Å². The van der Waals surface area contributed by atoms with E-state index in [2.05, 4.69) is 93.7 Å². The van der Waals surface area contributed by atoms with Gasteiger partial charge in [0.1, 0.15) is 13.2 Å². The van der Waals surface area contributed by atoms with Gasteiger partial charge in [-0.15, -0.1) is 0 Å². The zero-order chi connectivity index (χ0) is 48.6.